The number of benzene rings is 3. The van der Waals surface area contributed by atoms with Gasteiger partial charge in [0.15, 0.2) is 5.58 Å². The fourth-order valence-corrected chi connectivity index (χ4v) is 3.83. The summed E-state index contributed by atoms with van der Waals surface area (Å²) in [7, 11) is 1.72. The first kappa shape index (κ1) is 18.6. The maximum Gasteiger partial charge on any atom is 0.269 e. The molecule has 0 radical (unpaired) electrons. The summed E-state index contributed by atoms with van der Waals surface area (Å²) in [6, 6.07) is 23.1. The van der Waals surface area contributed by atoms with E-state index in [0.717, 1.165) is 16.6 Å². The Hall–Kier alpha value is -4.39. The Balaban J connectivity index is 1.85. The van der Waals surface area contributed by atoms with Gasteiger partial charge in [0.2, 0.25) is 5.88 Å². The van der Waals surface area contributed by atoms with Crippen LogP contribution in [0.5, 0.6) is 0 Å². The summed E-state index contributed by atoms with van der Waals surface area (Å²) in [6.45, 7) is 0. The van der Waals surface area contributed by atoms with E-state index in [1.807, 2.05) is 54.6 Å². The van der Waals surface area contributed by atoms with Crippen molar-refractivity contribution in [2.24, 2.45) is 7.05 Å². The number of fused-ring (bicyclic) bond motifs is 3. The van der Waals surface area contributed by atoms with Gasteiger partial charge in [-0.3, -0.25) is 14.9 Å². The largest absolute Gasteiger partial charge is 0.439 e. The Morgan fingerprint density at radius 1 is 0.935 bits per heavy atom. The molecule has 0 spiro atoms. The predicted molar refractivity (Wildman–Crippen MR) is 121 cm³/mol. The molecule has 0 unspecified atom stereocenters. The van der Waals surface area contributed by atoms with Crippen LogP contribution in [0.2, 0.25) is 0 Å². The third kappa shape index (κ3) is 3.03. The molecule has 2 aromatic heterocycles. The van der Waals surface area contributed by atoms with E-state index in [9.17, 15) is 14.9 Å². The lowest BCUT2D eigenvalue weighted by atomic mass is 10.0. The van der Waals surface area contributed by atoms with Gasteiger partial charge in [0.1, 0.15) is 0 Å². The van der Waals surface area contributed by atoms with Gasteiger partial charge in [-0.05, 0) is 42.0 Å². The zero-order valence-electron chi connectivity index (χ0n) is 16.5. The molecule has 5 rings (SSSR count). The van der Waals surface area contributed by atoms with Crippen molar-refractivity contribution in [3.63, 3.8) is 0 Å². The van der Waals surface area contributed by atoms with Crippen LogP contribution in [-0.4, -0.2) is 9.49 Å². The van der Waals surface area contributed by atoms with Gasteiger partial charge in [-0.1, -0.05) is 30.3 Å². The van der Waals surface area contributed by atoms with Crippen LogP contribution in [0.3, 0.4) is 0 Å². The fourth-order valence-electron chi connectivity index (χ4n) is 3.83. The Bertz CT molecular complexity index is 1500. The minimum Gasteiger partial charge on any atom is -0.439 e. The van der Waals surface area contributed by atoms with E-state index in [1.54, 1.807) is 23.7 Å². The summed E-state index contributed by atoms with van der Waals surface area (Å²) in [5, 5.41) is 15.6. The second kappa shape index (κ2) is 7.14. The van der Waals surface area contributed by atoms with E-state index >= 15 is 0 Å². The molecule has 0 amide bonds. The molecule has 2 heterocycles. The van der Waals surface area contributed by atoms with Gasteiger partial charge >= 0.3 is 0 Å². The molecule has 31 heavy (non-hydrogen) atoms. The zero-order chi connectivity index (χ0) is 21.5. The average molecular weight is 411 g/mol. The molecule has 0 fully saturated rings. The molecular weight excluding hydrogens is 394 g/mol. The van der Waals surface area contributed by atoms with Crippen molar-refractivity contribution in [2.45, 2.75) is 0 Å². The number of aromatic nitrogens is 1. The van der Waals surface area contributed by atoms with E-state index < -0.39 is 4.92 Å². The number of pyridine rings is 1. The first-order valence-electron chi connectivity index (χ1n) is 9.65. The Morgan fingerprint density at radius 2 is 1.61 bits per heavy atom. The zero-order valence-corrected chi connectivity index (χ0v) is 16.5. The van der Waals surface area contributed by atoms with Gasteiger partial charge in [0.25, 0.3) is 11.2 Å². The topological polar surface area (TPSA) is 90.3 Å². The van der Waals surface area contributed by atoms with Crippen molar-refractivity contribution < 1.29 is 9.34 Å². The molecule has 7 nitrogen and oxygen atoms in total. The highest BCUT2D eigenvalue weighted by Gasteiger charge is 2.23. The summed E-state index contributed by atoms with van der Waals surface area (Å²) >= 11 is 0. The normalized spacial score (nSPS) is 11.1. The van der Waals surface area contributed by atoms with Crippen molar-refractivity contribution >= 4 is 39.1 Å². The predicted octanol–water partition coefficient (Wildman–Crippen LogP) is 5.60. The van der Waals surface area contributed by atoms with Gasteiger partial charge in [-0.2, -0.15) is 0 Å². The van der Waals surface area contributed by atoms with E-state index in [1.165, 1.54) is 12.1 Å². The Morgan fingerprint density at radius 3 is 2.32 bits per heavy atom. The van der Waals surface area contributed by atoms with Gasteiger partial charge in [0.05, 0.1) is 21.4 Å². The Kier molecular flexibility index (Phi) is 4.29. The summed E-state index contributed by atoms with van der Waals surface area (Å²) in [6.07, 6.45) is 0. The van der Waals surface area contributed by atoms with Crippen LogP contribution in [0.1, 0.15) is 0 Å². The summed E-state index contributed by atoms with van der Waals surface area (Å²) in [5.74, 6) is 0.406. The Labute approximate surface area is 176 Å². The number of non-ortho nitro benzene ring substituents is 1. The van der Waals surface area contributed by atoms with Crippen LogP contribution >= 0.6 is 0 Å². The van der Waals surface area contributed by atoms with Crippen molar-refractivity contribution in [1.82, 2.24) is 4.57 Å². The molecule has 0 saturated heterocycles. The number of furan rings is 1. The highest BCUT2D eigenvalue weighted by Crippen LogP contribution is 2.41. The maximum atomic E-state index is 13.3. The minimum atomic E-state index is -0.451. The SMILES string of the molecule is Cn1c(=O)c2c(-c3ccc([N+](=O)[O-])cc3)c(Nc3ccccc3)oc2c2ccccc21. The number of nitrogens with zero attached hydrogens (tertiary/aromatic N) is 2. The molecule has 3 aromatic carbocycles. The average Bonchev–Trinajstić information content (AvgIpc) is 3.17. The second-order valence-corrected chi connectivity index (χ2v) is 7.19. The van der Waals surface area contributed by atoms with Crippen molar-refractivity contribution in [2.75, 3.05) is 5.32 Å². The molecule has 5 aromatic rings. The van der Waals surface area contributed by atoms with Crippen LogP contribution < -0.4 is 10.9 Å². The highest BCUT2D eigenvalue weighted by atomic mass is 16.6. The van der Waals surface area contributed by atoms with Gasteiger partial charge in [0, 0.05) is 30.3 Å². The number of nitrogens with one attached hydrogen (secondary N) is 1. The maximum absolute atomic E-state index is 13.3. The number of anilines is 2. The summed E-state index contributed by atoms with van der Waals surface area (Å²) in [4.78, 5) is 24.0. The molecule has 1 N–H and O–H groups in total. The number of rotatable bonds is 4. The lowest BCUT2D eigenvalue weighted by Crippen LogP contribution is -2.17. The smallest absolute Gasteiger partial charge is 0.269 e. The van der Waals surface area contributed by atoms with Crippen LogP contribution in [0.4, 0.5) is 17.3 Å². The number of nitro benzene ring substituents is 1. The van der Waals surface area contributed by atoms with Crippen LogP contribution in [-0.2, 0) is 7.05 Å². The number of hydrogen-bond acceptors (Lipinski definition) is 5. The lowest BCUT2D eigenvalue weighted by molar-refractivity contribution is -0.384. The molecule has 0 saturated carbocycles. The van der Waals surface area contributed by atoms with Crippen molar-refractivity contribution in [3.05, 3.63) is 99.3 Å². The molecule has 0 aliphatic carbocycles. The quantitative estimate of drug-likeness (QED) is 0.307. The molecule has 0 atom stereocenters. The first-order valence-corrected chi connectivity index (χ1v) is 9.65. The number of nitro groups is 1. The third-order valence-electron chi connectivity index (χ3n) is 5.34. The summed E-state index contributed by atoms with van der Waals surface area (Å²) in [5.41, 5.74) is 3.03. The monoisotopic (exact) mass is 411 g/mol. The van der Waals surface area contributed by atoms with E-state index in [2.05, 4.69) is 5.32 Å². The lowest BCUT2D eigenvalue weighted by Gasteiger charge is -2.07. The van der Waals surface area contributed by atoms with Gasteiger partial charge in [-0.15, -0.1) is 0 Å². The van der Waals surface area contributed by atoms with Crippen LogP contribution in [0, 0.1) is 10.1 Å². The fraction of sp³-hybridized carbons (Fsp3) is 0.0417. The van der Waals surface area contributed by atoms with E-state index in [4.69, 9.17) is 4.42 Å². The van der Waals surface area contributed by atoms with Crippen LogP contribution in [0.25, 0.3) is 33.0 Å². The third-order valence-corrected chi connectivity index (χ3v) is 5.34. The second-order valence-electron chi connectivity index (χ2n) is 7.19. The van der Waals surface area contributed by atoms with E-state index in [0.29, 0.717) is 28.0 Å². The molecular formula is C24H17N3O4. The van der Waals surface area contributed by atoms with Crippen molar-refractivity contribution in [1.29, 1.82) is 0 Å². The molecule has 0 aliphatic heterocycles. The van der Waals surface area contributed by atoms with Crippen LogP contribution in [0.15, 0.2) is 88.1 Å². The molecule has 0 bridgehead atoms. The number of aryl methyl sites for hydroxylation is 1. The van der Waals surface area contributed by atoms with Crippen molar-refractivity contribution in [3.8, 4) is 11.1 Å². The van der Waals surface area contributed by atoms with Gasteiger partial charge < -0.3 is 14.3 Å². The molecule has 0 aliphatic rings. The first-order chi connectivity index (χ1) is 15.0. The standard InChI is InChI=1S/C24H17N3O4/c1-26-19-10-6-5-9-18(19)22-21(24(26)28)20(15-11-13-17(14-12-15)27(29)30)23(31-22)25-16-7-3-2-4-8-16/h2-14,25H,1H3. The number of para-hydroxylation sites is 2. The highest BCUT2D eigenvalue weighted by molar-refractivity contribution is 6.11. The number of hydrogen-bond donors (Lipinski definition) is 1. The minimum absolute atomic E-state index is 0.0209. The van der Waals surface area contributed by atoms with Gasteiger partial charge in [-0.25, -0.2) is 0 Å². The van der Waals surface area contributed by atoms with E-state index in [-0.39, 0.29) is 11.2 Å². The molecule has 152 valence electrons. The summed E-state index contributed by atoms with van der Waals surface area (Å²) < 4.78 is 7.82. The molecule has 7 heteroatoms.